The number of nitrogens with zero attached hydrogens (tertiary/aromatic N) is 2. The maximum Gasteiger partial charge on any atom is 0.251 e. The lowest BCUT2D eigenvalue weighted by Gasteiger charge is -2.20. The van der Waals surface area contributed by atoms with Crippen molar-refractivity contribution in [1.29, 1.82) is 0 Å². The van der Waals surface area contributed by atoms with Crippen molar-refractivity contribution < 1.29 is 9.59 Å². The van der Waals surface area contributed by atoms with Gasteiger partial charge in [-0.3, -0.25) is 14.5 Å². The van der Waals surface area contributed by atoms with Crippen LogP contribution in [-0.4, -0.2) is 29.9 Å². The Balaban J connectivity index is 1.80. The Morgan fingerprint density at radius 2 is 1.92 bits per heavy atom. The van der Waals surface area contributed by atoms with Crippen LogP contribution >= 0.6 is 27.5 Å². The number of carbonyl (C=O) groups is 2. The quantitative estimate of drug-likeness (QED) is 0.682. The fourth-order valence-corrected chi connectivity index (χ4v) is 2.63. The molecular weight excluding hydrogens is 406 g/mol. The number of aromatic nitrogens is 1. The molecule has 7 heteroatoms. The summed E-state index contributed by atoms with van der Waals surface area (Å²) in [5, 5.41) is 3.39. The predicted octanol–water partition coefficient (Wildman–Crippen LogP) is 4.06. The molecule has 0 bridgehead atoms. The standard InChI is InChI=1S/C18H19BrClN3O2/c1-2-23(16-10-7-14(19)12-22-16)17(24)4-3-11-21-18(25)13-5-8-15(20)9-6-13/h5-10,12H,2-4,11H2,1H3,(H,21,25). The number of anilines is 1. The zero-order chi connectivity index (χ0) is 18.2. The lowest BCUT2D eigenvalue weighted by Crippen LogP contribution is -2.32. The molecule has 1 N–H and O–H groups in total. The van der Waals surface area contributed by atoms with E-state index in [1.54, 1.807) is 41.4 Å². The highest BCUT2D eigenvalue weighted by Crippen LogP contribution is 2.16. The van der Waals surface area contributed by atoms with Gasteiger partial charge in [-0.05, 0) is 65.7 Å². The summed E-state index contributed by atoms with van der Waals surface area (Å²) < 4.78 is 0.865. The average molecular weight is 425 g/mol. The van der Waals surface area contributed by atoms with Crippen LogP contribution in [0.3, 0.4) is 0 Å². The molecule has 0 aliphatic rings. The van der Waals surface area contributed by atoms with Crippen LogP contribution in [-0.2, 0) is 4.79 Å². The molecule has 0 unspecified atom stereocenters. The summed E-state index contributed by atoms with van der Waals surface area (Å²) in [6.07, 6.45) is 2.56. The highest BCUT2D eigenvalue weighted by atomic mass is 79.9. The minimum Gasteiger partial charge on any atom is -0.352 e. The molecule has 0 saturated carbocycles. The Kier molecular flexibility index (Phi) is 7.40. The number of rotatable bonds is 7. The first-order valence-corrected chi connectivity index (χ1v) is 9.14. The third kappa shape index (κ3) is 5.83. The predicted molar refractivity (Wildman–Crippen MR) is 103 cm³/mol. The summed E-state index contributed by atoms with van der Waals surface area (Å²) in [5.41, 5.74) is 0.546. The van der Waals surface area contributed by atoms with E-state index in [0.717, 1.165) is 4.47 Å². The summed E-state index contributed by atoms with van der Waals surface area (Å²) in [4.78, 5) is 30.2. The fourth-order valence-electron chi connectivity index (χ4n) is 2.27. The van der Waals surface area contributed by atoms with Crippen LogP contribution in [0.4, 0.5) is 5.82 Å². The van der Waals surface area contributed by atoms with Crippen LogP contribution in [0.1, 0.15) is 30.1 Å². The van der Waals surface area contributed by atoms with Crippen molar-refractivity contribution in [3.05, 3.63) is 57.7 Å². The van der Waals surface area contributed by atoms with E-state index in [1.807, 2.05) is 13.0 Å². The van der Waals surface area contributed by atoms with E-state index >= 15 is 0 Å². The Bertz CT molecular complexity index is 720. The summed E-state index contributed by atoms with van der Waals surface area (Å²) in [6, 6.07) is 10.3. The summed E-state index contributed by atoms with van der Waals surface area (Å²) >= 11 is 9.13. The van der Waals surface area contributed by atoms with Gasteiger partial charge in [0.25, 0.3) is 5.91 Å². The Morgan fingerprint density at radius 3 is 2.52 bits per heavy atom. The number of halogens is 2. The molecule has 0 saturated heterocycles. The highest BCUT2D eigenvalue weighted by molar-refractivity contribution is 9.10. The molecule has 2 rings (SSSR count). The average Bonchev–Trinajstić information content (AvgIpc) is 2.61. The van der Waals surface area contributed by atoms with Crippen molar-refractivity contribution in [1.82, 2.24) is 10.3 Å². The highest BCUT2D eigenvalue weighted by Gasteiger charge is 2.14. The van der Waals surface area contributed by atoms with Gasteiger partial charge in [-0.2, -0.15) is 0 Å². The van der Waals surface area contributed by atoms with Crippen LogP contribution in [0.15, 0.2) is 47.1 Å². The van der Waals surface area contributed by atoms with Crippen molar-refractivity contribution >= 4 is 45.2 Å². The van der Waals surface area contributed by atoms with E-state index in [0.29, 0.717) is 42.3 Å². The molecule has 1 aromatic heterocycles. The van der Waals surface area contributed by atoms with Crippen LogP contribution in [0, 0.1) is 0 Å². The van der Waals surface area contributed by atoms with Gasteiger partial charge in [-0.25, -0.2) is 4.98 Å². The molecule has 1 heterocycles. The second-order valence-corrected chi connectivity index (χ2v) is 6.69. The molecule has 0 aliphatic carbocycles. The van der Waals surface area contributed by atoms with Gasteiger partial charge in [0.2, 0.25) is 5.91 Å². The van der Waals surface area contributed by atoms with Crippen LogP contribution in [0.25, 0.3) is 0 Å². The lowest BCUT2D eigenvalue weighted by molar-refractivity contribution is -0.118. The monoisotopic (exact) mass is 423 g/mol. The van der Waals surface area contributed by atoms with Gasteiger partial charge in [0.15, 0.2) is 0 Å². The lowest BCUT2D eigenvalue weighted by atomic mass is 10.2. The molecule has 0 fully saturated rings. The van der Waals surface area contributed by atoms with E-state index in [-0.39, 0.29) is 11.8 Å². The Morgan fingerprint density at radius 1 is 1.20 bits per heavy atom. The number of hydrogen-bond donors (Lipinski definition) is 1. The Hall–Kier alpha value is -1.92. The number of nitrogens with one attached hydrogen (secondary N) is 1. The number of amides is 2. The maximum absolute atomic E-state index is 12.4. The number of carbonyl (C=O) groups excluding carboxylic acids is 2. The molecule has 0 spiro atoms. The first-order chi connectivity index (χ1) is 12.0. The van der Waals surface area contributed by atoms with Gasteiger partial charge in [-0.15, -0.1) is 0 Å². The van der Waals surface area contributed by atoms with Gasteiger partial charge < -0.3 is 5.32 Å². The molecule has 5 nitrogen and oxygen atoms in total. The van der Waals surface area contributed by atoms with E-state index in [9.17, 15) is 9.59 Å². The molecular formula is C18H19BrClN3O2. The molecule has 2 amide bonds. The van der Waals surface area contributed by atoms with E-state index in [1.165, 1.54) is 0 Å². The summed E-state index contributed by atoms with van der Waals surface area (Å²) in [5.74, 6) is 0.435. The normalized spacial score (nSPS) is 10.4. The topological polar surface area (TPSA) is 62.3 Å². The Labute approximate surface area is 160 Å². The molecule has 1 aromatic carbocycles. The third-order valence-corrected chi connectivity index (χ3v) is 4.29. The molecule has 132 valence electrons. The third-order valence-electron chi connectivity index (χ3n) is 3.56. The second kappa shape index (κ2) is 9.53. The van der Waals surface area contributed by atoms with Gasteiger partial charge in [0.05, 0.1) is 0 Å². The maximum atomic E-state index is 12.4. The van der Waals surface area contributed by atoms with E-state index in [4.69, 9.17) is 11.6 Å². The van der Waals surface area contributed by atoms with E-state index < -0.39 is 0 Å². The van der Waals surface area contributed by atoms with Crippen molar-refractivity contribution in [3.8, 4) is 0 Å². The number of benzene rings is 1. The zero-order valence-electron chi connectivity index (χ0n) is 13.8. The largest absolute Gasteiger partial charge is 0.352 e. The number of pyridine rings is 1. The van der Waals surface area contributed by atoms with Gasteiger partial charge >= 0.3 is 0 Å². The fraction of sp³-hybridized carbons (Fsp3) is 0.278. The SMILES string of the molecule is CCN(C(=O)CCCNC(=O)c1ccc(Cl)cc1)c1ccc(Br)cn1. The zero-order valence-corrected chi connectivity index (χ0v) is 16.2. The smallest absolute Gasteiger partial charge is 0.251 e. The minimum absolute atomic E-state index is 0.0157. The van der Waals surface area contributed by atoms with Crippen molar-refractivity contribution in [2.45, 2.75) is 19.8 Å². The summed E-state index contributed by atoms with van der Waals surface area (Å²) in [7, 11) is 0. The second-order valence-electron chi connectivity index (χ2n) is 5.34. The van der Waals surface area contributed by atoms with Crippen LogP contribution < -0.4 is 10.2 Å². The van der Waals surface area contributed by atoms with Gasteiger partial charge in [0.1, 0.15) is 5.82 Å². The first-order valence-electron chi connectivity index (χ1n) is 7.97. The minimum atomic E-state index is -0.175. The molecule has 0 atom stereocenters. The first kappa shape index (κ1) is 19.4. The van der Waals surface area contributed by atoms with Crippen molar-refractivity contribution in [2.75, 3.05) is 18.0 Å². The van der Waals surface area contributed by atoms with Crippen molar-refractivity contribution in [3.63, 3.8) is 0 Å². The van der Waals surface area contributed by atoms with Gasteiger partial charge in [0, 0.05) is 40.8 Å². The van der Waals surface area contributed by atoms with E-state index in [2.05, 4.69) is 26.2 Å². The van der Waals surface area contributed by atoms with Crippen LogP contribution in [0.5, 0.6) is 0 Å². The van der Waals surface area contributed by atoms with Crippen LogP contribution in [0.2, 0.25) is 5.02 Å². The van der Waals surface area contributed by atoms with Crippen molar-refractivity contribution in [2.24, 2.45) is 0 Å². The molecule has 0 radical (unpaired) electrons. The van der Waals surface area contributed by atoms with Gasteiger partial charge in [-0.1, -0.05) is 11.6 Å². The number of hydrogen-bond acceptors (Lipinski definition) is 3. The molecule has 2 aromatic rings. The molecule has 0 aliphatic heterocycles. The summed E-state index contributed by atoms with van der Waals surface area (Å²) in [6.45, 7) is 2.88. The molecule has 25 heavy (non-hydrogen) atoms.